The molecule has 0 saturated carbocycles. The van der Waals surface area contributed by atoms with Gasteiger partial charge in [0.25, 0.3) is 5.91 Å². The van der Waals surface area contributed by atoms with Crippen LogP contribution in [-0.2, 0) is 0 Å². The molecule has 2 aromatic carbocycles. The first kappa shape index (κ1) is 19.9. The number of ketones is 1. The van der Waals surface area contributed by atoms with Gasteiger partial charge < -0.3 is 14.4 Å². The lowest BCUT2D eigenvalue weighted by Crippen LogP contribution is -2.42. The molecule has 0 N–H and O–H groups in total. The van der Waals surface area contributed by atoms with E-state index in [0.717, 1.165) is 24.0 Å². The van der Waals surface area contributed by atoms with Crippen LogP contribution in [0.15, 0.2) is 36.4 Å². The third-order valence-electron chi connectivity index (χ3n) is 5.50. The van der Waals surface area contributed by atoms with Gasteiger partial charge in [-0.15, -0.1) is 0 Å². The molecule has 2 aromatic rings. The zero-order valence-corrected chi connectivity index (χ0v) is 17.0. The number of hydrogen-bond donors (Lipinski definition) is 0. The topological polar surface area (TPSA) is 55.8 Å². The van der Waals surface area contributed by atoms with Gasteiger partial charge in [0.2, 0.25) is 0 Å². The summed E-state index contributed by atoms with van der Waals surface area (Å²) >= 11 is 0. The molecule has 1 amide bonds. The number of benzene rings is 2. The molecule has 1 heterocycles. The van der Waals surface area contributed by atoms with E-state index < -0.39 is 0 Å². The summed E-state index contributed by atoms with van der Waals surface area (Å²) in [4.78, 5) is 27.8. The Morgan fingerprint density at radius 2 is 1.64 bits per heavy atom. The highest BCUT2D eigenvalue weighted by Gasteiger charge is 2.30. The van der Waals surface area contributed by atoms with E-state index in [1.165, 1.54) is 0 Å². The Morgan fingerprint density at radius 3 is 2.32 bits per heavy atom. The van der Waals surface area contributed by atoms with Gasteiger partial charge in [0.1, 0.15) is 0 Å². The van der Waals surface area contributed by atoms with Crippen molar-refractivity contribution >= 4 is 11.7 Å². The average molecular weight is 381 g/mol. The SMILES string of the molecule is COc1ccc(C(=O)[C@H]2CCCN(C(=O)c3ccc(C)c(C)c3)C2)cc1OC. The van der Waals surface area contributed by atoms with Gasteiger partial charge in [-0.2, -0.15) is 0 Å². The number of carbonyl (C=O) groups is 2. The third kappa shape index (κ3) is 4.03. The number of hydrogen-bond acceptors (Lipinski definition) is 4. The van der Waals surface area contributed by atoms with E-state index in [1.54, 1.807) is 37.3 Å². The number of ether oxygens (including phenoxy) is 2. The normalized spacial score (nSPS) is 16.6. The lowest BCUT2D eigenvalue weighted by molar-refractivity contribution is 0.0636. The molecule has 0 bridgehead atoms. The van der Waals surface area contributed by atoms with Crippen LogP contribution in [0.3, 0.4) is 0 Å². The van der Waals surface area contributed by atoms with Crippen molar-refractivity contribution in [1.82, 2.24) is 4.90 Å². The number of carbonyl (C=O) groups excluding carboxylic acids is 2. The highest BCUT2D eigenvalue weighted by atomic mass is 16.5. The molecule has 3 rings (SSSR count). The highest BCUT2D eigenvalue weighted by molar-refractivity contribution is 6.00. The van der Waals surface area contributed by atoms with Crippen LogP contribution in [-0.4, -0.2) is 43.9 Å². The monoisotopic (exact) mass is 381 g/mol. The number of aryl methyl sites for hydroxylation is 2. The van der Waals surface area contributed by atoms with Gasteiger partial charge in [0, 0.05) is 30.1 Å². The van der Waals surface area contributed by atoms with Crippen molar-refractivity contribution in [3.05, 3.63) is 58.7 Å². The van der Waals surface area contributed by atoms with Gasteiger partial charge >= 0.3 is 0 Å². The van der Waals surface area contributed by atoms with Gasteiger partial charge in [-0.05, 0) is 68.1 Å². The smallest absolute Gasteiger partial charge is 0.253 e. The molecule has 1 aliphatic heterocycles. The van der Waals surface area contributed by atoms with Crippen LogP contribution in [0.1, 0.15) is 44.7 Å². The first-order chi connectivity index (χ1) is 13.4. The van der Waals surface area contributed by atoms with Crippen LogP contribution in [0, 0.1) is 19.8 Å². The van der Waals surface area contributed by atoms with E-state index in [1.807, 2.05) is 32.0 Å². The predicted octanol–water partition coefficient (Wildman–Crippen LogP) is 4.06. The molecule has 0 aliphatic carbocycles. The molecule has 5 nitrogen and oxygen atoms in total. The maximum Gasteiger partial charge on any atom is 0.253 e. The molecule has 0 aromatic heterocycles. The molecule has 5 heteroatoms. The molecule has 0 unspecified atom stereocenters. The minimum Gasteiger partial charge on any atom is -0.493 e. The highest BCUT2D eigenvalue weighted by Crippen LogP contribution is 2.30. The van der Waals surface area contributed by atoms with Crippen LogP contribution in [0.25, 0.3) is 0 Å². The van der Waals surface area contributed by atoms with Crippen LogP contribution >= 0.6 is 0 Å². The number of amides is 1. The number of likely N-dealkylation sites (tertiary alicyclic amines) is 1. The average Bonchev–Trinajstić information content (AvgIpc) is 2.74. The fraction of sp³-hybridized carbons (Fsp3) is 0.391. The van der Waals surface area contributed by atoms with Gasteiger partial charge in [0.05, 0.1) is 14.2 Å². The number of methoxy groups -OCH3 is 2. The van der Waals surface area contributed by atoms with E-state index >= 15 is 0 Å². The second-order valence-electron chi connectivity index (χ2n) is 7.32. The lowest BCUT2D eigenvalue weighted by Gasteiger charge is -2.32. The van der Waals surface area contributed by atoms with E-state index in [4.69, 9.17) is 9.47 Å². The Bertz CT molecular complexity index is 890. The largest absolute Gasteiger partial charge is 0.493 e. The molecule has 1 atom stereocenters. The fourth-order valence-corrected chi connectivity index (χ4v) is 3.66. The summed E-state index contributed by atoms with van der Waals surface area (Å²) in [6.45, 7) is 5.16. The second kappa shape index (κ2) is 8.46. The lowest BCUT2D eigenvalue weighted by atomic mass is 9.89. The molecule has 0 spiro atoms. The summed E-state index contributed by atoms with van der Waals surface area (Å²) in [5.41, 5.74) is 3.53. The molecule has 1 fully saturated rings. The first-order valence-corrected chi connectivity index (χ1v) is 9.57. The van der Waals surface area contributed by atoms with Crippen molar-refractivity contribution in [3.8, 4) is 11.5 Å². The Kier molecular flexibility index (Phi) is 6.02. The van der Waals surface area contributed by atoms with Crippen molar-refractivity contribution in [3.63, 3.8) is 0 Å². The Hall–Kier alpha value is -2.82. The number of Topliss-reactive ketones (excluding diaryl/α,β-unsaturated/α-hetero) is 1. The van der Waals surface area contributed by atoms with Crippen molar-refractivity contribution < 1.29 is 19.1 Å². The summed E-state index contributed by atoms with van der Waals surface area (Å²) < 4.78 is 10.6. The van der Waals surface area contributed by atoms with Crippen LogP contribution in [0.4, 0.5) is 0 Å². The summed E-state index contributed by atoms with van der Waals surface area (Å²) in [6, 6.07) is 11.0. The van der Waals surface area contributed by atoms with Gasteiger partial charge in [-0.3, -0.25) is 9.59 Å². The quantitative estimate of drug-likeness (QED) is 0.733. The third-order valence-corrected chi connectivity index (χ3v) is 5.50. The molecule has 1 aliphatic rings. The predicted molar refractivity (Wildman–Crippen MR) is 108 cm³/mol. The van der Waals surface area contributed by atoms with E-state index in [-0.39, 0.29) is 17.6 Å². The minimum atomic E-state index is -0.206. The molecule has 28 heavy (non-hydrogen) atoms. The first-order valence-electron chi connectivity index (χ1n) is 9.57. The van der Waals surface area contributed by atoms with Crippen molar-refractivity contribution in [2.75, 3.05) is 27.3 Å². The van der Waals surface area contributed by atoms with Crippen molar-refractivity contribution in [1.29, 1.82) is 0 Å². The van der Waals surface area contributed by atoms with Crippen LogP contribution in [0.5, 0.6) is 11.5 Å². The van der Waals surface area contributed by atoms with E-state index in [2.05, 4.69) is 0 Å². The molecular weight excluding hydrogens is 354 g/mol. The van der Waals surface area contributed by atoms with Crippen molar-refractivity contribution in [2.45, 2.75) is 26.7 Å². The van der Waals surface area contributed by atoms with Gasteiger partial charge in [-0.1, -0.05) is 6.07 Å². The Labute approximate surface area is 166 Å². The molecular formula is C23H27NO4. The van der Waals surface area contributed by atoms with Gasteiger partial charge in [-0.25, -0.2) is 0 Å². The van der Waals surface area contributed by atoms with E-state index in [9.17, 15) is 9.59 Å². The standard InChI is InChI=1S/C23H27NO4/c1-15-7-8-18(12-16(15)2)23(26)24-11-5-6-19(14-24)22(25)17-9-10-20(27-3)21(13-17)28-4/h7-10,12-13,19H,5-6,11,14H2,1-4H3/t19-/m0/s1. The molecule has 1 saturated heterocycles. The summed E-state index contributed by atoms with van der Waals surface area (Å²) in [5, 5.41) is 0. The zero-order valence-electron chi connectivity index (χ0n) is 17.0. The van der Waals surface area contributed by atoms with E-state index in [0.29, 0.717) is 35.7 Å². The Balaban J connectivity index is 1.76. The fourth-order valence-electron chi connectivity index (χ4n) is 3.66. The summed E-state index contributed by atoms with van der Waals surface area (Å²) in [5.74, 6) is 0.954. The summed E-state index contributed by atoms with van der Waals surface area (Å²) in [6.07, 6.45) is 1.60. The molecule has 0 radical (unpaired) electrons. The zero-order chi connectivity index (χ0) is 20.3. The van der Waals surface area contributed by atoms with Crippen LogP contribution < -0.4 is 9.47 Å². The maximum atomic E-state index is 13.0. The number of nitrogens with zero attached hydrogens (tertiary/aromatic N) is 1. The van der Waals surface area contributed by atoms with Crippen LogP contribution in [0.2, 0.25) is 0 Å². The molecule has 148 valence electrons. The minimum absolute atomic E-state index is 0.00656. The second-order valence-corrected chi connectivity index (χ2v) is 7.32. The van der Waals surface area contributed by atoms with Gasteiger partial charge in [0.15, 0.2) is 17.3 Å². The number of piperidine rings is 1. The number of rotatable bonds is 5. The Morgan fingerprint density at radius 1 is 0.929 bits per heavy atom. The summed E-state index contributed by atoms with van der Waals surface area (Å²) in [7, 11) is 3.12. The van der Waals surface area contributed by atoms with Crippen molar-refractivity contribution in [2.24, 2.45) is 5.92 Å². The maximum absolute atomic E-state index is 13.0.